The molecule has 0 aliphatic rings. The van der Waals surface area contributed by atoms with E-state index in [1.165, 1.54) is 6.07 Å². The number of nitrogens with one attached hydrogen (secondary N) is 2. The van der Waals surface area contributed by atoms with Crippen LogP contribution >= 0.6 is 11.8 Å². The van der Waals surface area contributed by atoms with E-state index in [0.29, 0.717) is 28.8 Å². The second-order valence-corrected chi connectivity index (χ2v) is 7.72. The number of allylic oxidation sites excluding steroid dienone is 1. The van der Waals surface area contributed by atoms with E-state index in [2.05, 4.69) is 27.4 Å². The van der Waals surface area contributed by atoms with Crippen LogP contribution in [0.25, 0.3) is 11.4 Å². The molecule has 7 nitrogen and oxygen atoms in total. The van der Waals surface area contributed by atoms with Gasteiger partial charge < -0.3 is 5.32 Å². The second kappa shape index (κ2) is 10.0. The highest BCUT2D eigenvalue weighted by Gasteiger charge is 2.18. The highest BCUT2D eigenvalue weighted by Crippen LogP contribution is 2.26. The van der Waals surface area contributed by atoms with Crippen molar-refractivity contribution in [2.24, 2.45) is 0 Å². The number of imide groups is 1. The Morgan fingerprint density at radius 3 is 2.65 bits per heavy atom. The quantitative estimate of drug-likeness (QED) is 0.423. The van der Waals surface area contributed by atoms with E-state index in [-0.39, 0.29) is 5.75 Å². The first-order chi connectivity index (χ1) is 14.9. The molecule has 0 saturated carbocycles. The maximum absolute atomic E-state index is 14.2. The van der Waals surface area contributed by atoms with Gasteiger partial charge in [0.05, 0.1) is 11.3 Å². The van der Waals surface area contributed by atoms with Crippen molar-refractivity contribution in [1.82, 2.24) is 20.1 Å². The van der Waals surface area contributed by atoms with Crippen LogP contribution < -0.4 is 10.6 Å². The van der Waals surface area contributed by atoms with Gasteiger partial charge in [-0.2, -0.15) is 0 Å². The number of anilines is 1. The van der Waals surface area contributed by atoms with Crippen LogP contribution in [-0.2, 0) is 11.3 Å². The zero-order chi connectivity index (χ0) is 22.4. The van der Waals surface area contributed by atoms with E-state index in [1.54, 1.807) is 34.9 Å². The fourth-order valence-electron chi connectivity index (χ4n) is 2.81. The average Bonchev–Trinajstić information content (AvgIpc) is 3.12. The molecule has 0 aliphatic heterocycles. The maximum Gasteiger partial charge on any atom is 0.325 e. The van der Waals surface area contributed by atoms with Crippen LogP contribution in [0.5, 0.6) is 0 Å². The molecule has 0 unspecified atom stereocenters. The number of aromatic nitrogens is 3. The summed E-state index contributed by atoms with van der Waals surface area (Å²) in [5.74, 6) is -0.634. The van der Waals surface area contributed by atoms with Crippen LogP contribution in [0, 0.1) is 19.7 Å². The highest BCUT2D eigenvalue weighted by molar-refractivity contribution is 7.99. The lowest BCUT2D eigenvalue weighted by Gasteiger charge is -2.09. The smallest absolute Gasteiger partial charge is 0.308 e. The summed E-state index contributed by atoms with van der Waals surface area (Å²) in [6, 6.07) is 11.1. The van der Waals surface area contributed by atoms with Crippen LogP contribution in [-0.4, -0.2) is 32.5 Å². The molecule has 0 spiro atoms. The van der Waals surface area contributed by atoms with E-state index in [1.807, 2.05) is 26.0 Å². The minimum Gasteiger partial charge on any atom is -0.308 e. The number of benzene rings is 2. The highest BCUT2D eigenvalue weighted by atomic mass is 32.2. The van der Waals surface area contributed by atoms with Gasteiger partial charge in [0.15, 0.2) is 11.0 Å². The van der Waals surface area contributed by atoms with Crippen molar-refractivity contribution in [3.05, 3.63) is 72.1 Å². The van der Waals surface area contributed by atoms with Gasteiger partial charge in [-0.25, -0.2) is 9.18 Å². The number of amides is 3. The fourth-order valence-corrected chi connectivity index (χ4v) is 3.55. The van der Waals surface area contributed by atoms with E-state index in [9.17, 15) is 14.0 Å². The summed E-state index contributed by atoms with van der Waals surface area (Å²) in [7, 11) is 0. The molecule has 3 amide bonds. The van der Waals surface area contributed by atoms with Crippen molar-refractivity contribution in [3.63, 3.8) is 0 Å². The molecule has 31 heavy (non-hydrogen) atoms. The summed E-state index contributed by atoms with van der Waals surface area (Å²) in [6.45, 7) is 7.96. The number of thioether (sulfide) groups is 1. The Morgan fingerprint density at radius 2 is 1.94 bits per heavy atom. The van der Waals surface area contributed by atoms with Gasteiger partial charge in [-0.15, -0.1) is 16.8 Å². The molecule has 160 valence electrons. The molecule has 0 fully saturated rings. The molecule has 0 saturated heterocycles. The summed E-state index contributed by atoms with van der Waals surface area (Å²) in [6.07, 6.45) is 1.63. The van der Waals surface area contributed by atoms with E-state index >= 15 is 0 Å². The minimum atomic E-state index is -0.617. The van der Waals surface area contributed by atoms with Crippen molar-refractivity contribution in [2.75, 3.05) is 11.1 Å². The van der Waals surface area contributed by atoms with Gasteiger partial charge in [0.1, 0.15) is 5.82 Å². The van der Waals surface area contributed by atoms with Gasteiger partial charge in [0, 0.05) is 12.2 Å². The number of aryl methyl sites for hydroxylation is 2. The molecule has 0 atom stereocenters. The molecule has 2 aromatic carbocycles. The van der Waals surface area contributed by atoms with Crippen molar-refractivity contribution >= 4 is 29.4 Å². The summed E-state index contributed by atoms with van der Waals surface area (Å²) in [5, 5.41) is 13.5. The number of urea groups is 1. The lowest BCUT2D eigenvalue weighted by Crippen LogP contribution is -2.35. The molecule has 0 bridgehead atoms. The Labute approximate surface area is 183 Å². The topological polar surface area (TPSA) is 88.9 Å². The Balaban J connectivity index is 1.63. The van der Waals surface area contributed by atoms with Crippen molar-refractivity contribution in [3.8, 4) is 11.4 Å². The predicted molar refractivity (Wildman–Crippen MR) is 119 cm³/mol. The lowest BCUT2D eigenvalue weighted by molar-refractivity contribution is -0.117. The predicted octanol–water partition coefficient (Wildman–Crippen LogP) is 4.33. The van der Waals surface area contributed by atoms with Crippen LogP contribution in [0.3, 0.4) is 0 Å². The zero-order valence-corrected chi connectivity index (χ0v) is 18.0. The van der Waals surface area contributed by atoms with Crippen molar-refractivity contribution < 1.29 is 14.0 Å². The van der Waals surface area contributed by atoms with Gasteiger partial charge in [0.2, 0.25) is 5.91 Å². The molecule has 1 aromatic heterocycles. The number of rotatable bonds is 7. The monoisotopic (exact) mass is 439 g/mol. The van der Waals surface area contributed by atoms with Crippen molar-refractivity contribution in [1.29, 1.82) is 0 Å². The van der Waals surface area contributed by atoms with Gasteiger partial charge in [-0.1, -0.05) is 36.0 Å². The first-order valence-electron chi connectivity index (χ1n) is 9.49. The first kappa shape index (κ1) is 22.2. The molecule has 3 aromatic rings. The third kappa shape index (κ3) is 5.58. The van der Waals surface area contributed by atoms with Gasteiger partial charge in [-0.05, 0) is 49.2 Å². The molecule has 0 radical (unpaired) electrons. The summed E-state index contributed by atoms with van der Waals surface area (Å²) in [4.78, 5) is 24.3. The van der Waals surface area contributed by atoms with E-state index in [0.717, 1.165) is 22.9 Å². The normalized spacial score (nSPS) is 10.5. The summed E-state index contributed by atoms with van der Waals surface area (Å²) >= 11 is 1.10. The Morgan fingerprint density at radius 1 is 1.16 bits per heavy atom. The average molecular weight is 440 g/mol. The Hall–Kier alpha value is -3.46. The SMILES string of the molecule is C=CCn1c(SCC(=O)NC(=O)Nc2ccc(C)c(C)c2)nnc1-c1ccccc1F. The number of halogens is 1. The summed E-state index contributed by atoms with van der Waals surface area (Å²) < 4.78 is 15.8. The molecule has 1 heterocycles. The standard InChI is InChI=1S/C22H22FN5O2S/c1-4-11-28-20(17-7-5-6-8-18(17)23)26-27-22(28)31-13-19(29)25-21(30)24-16-10-9-14(2)15(3)12-16/h4-10,12H,1,11,13H2,2-3H3,(H2,24,25,29,30). The number of carbonyl (C=O) groups is 2. The Kier molecular flexibility index (Phi) is 7.19. The Bertz CT molecular complexity index is 1130. The third-order valence-electron chi connectivity index (χ3n) is 4.49. The molecule has 0 aliphatic carbocycles. The number of nitrogens with zero attached hydrogens (tertiary/aromatic N) is 3. The molecular formula is C22H22FN5O2S. The fraction of sp³-hybridized carbons (Fsp3) is 0.182. The molecule has 9 heteroatoms. The van der Waals surface area contributed by atoms with Crippen LogP contribution in [0.1, 0.15) is 11.1 Å². The maximum atomic E-state index is 14.2. The minimum absolute atomic E-state index is 0.0626. The van der Waals surface area contributed by atoms with Crippen LogP contribution in [0.2, 0.25) is 0 Å². The van der Waals surface area contributed by atoms with E-state index < -0.39 is 17.8 Å². The third-order valence-corrected chi connectivity index (χ3v) is 5.46. The van der Waals surface area contributed by atoms with Crippen LogP contribution in [0.15, 0.2) is 60.3 Å². The molecule has 2 N–H and O–H groups in total. The first-order valence-corrected chi connectivity index (χ1v) is 10.5. The molecule has 3 rings (SSSR count). The van der Waals surface area contributed by atoms with Crippen LogP contribution in [0.4, 0.5) is 14.9 Å². The van der Waals surface area contributed by atoms with E-state index in [4.69, 9.17) is 0 Å². The van der Waals surface area contributed by atoms with Gasteiger partial charge in [0.25, 0.3) is 0 Å². The van der Waals surface area contributed by atoms with Gasteiger partial charge in [-0.3, -0.25) is 14.7 Å². The largest absolute Gasteiger partial charge is 0.325 e. The van der Waals surface area contributed by atoms with Crippen molar-refractivity contribution in [2.45, 2.75) is 25.5 Å². The lowest BCUT2D eigenvalue weighted by atomic mass is 10.1. The molecular weight excluding hydrogens is 417 g/mol. The number of hydrogen-bond acceptors (Lipinski definition) is 5. The zero-order valence-electron chi connectivity index (χ0n) is 17.2. The number of carbonyl (C=O) groups excluding carboxylic acids is 2. The number of hydrogen-bond donors (Lipinski definition) is 2. The van der Waals surface area contributed by atoms with Gasteiger partial charge >= 0.3 is 6.03 Å². The second-order valence-electron chi connectivity index (χ2n) is 6.78. The summed E-state index contributed by atoms with van der Waals surface area (Å²) in [5.41, 5.74) is 3.05.